The molecule has 0 N–H and O–H groups in total. The van der Waals surface area contributed by atoms with Gasteiger partial charge >= 0.3 is 61.5 Å². The zero-order valence-electron chi connectivity index (χ0n) is 5.26. The molecule has 1 aliphatic rings. The summed E-state index contributed by atoms with van der Waals surface area (Å²) in [6, 6.07) is 0. The van der Waals surface area contributed by atoms with Gasteiger partial charge in [0.15, 0.2) is 0 Å². The minimum absolute atomic E-state index is 0. The van der Waals surface area contributed by atoms with Crippen LogP contribution in [0.25, 0.3) is 0 Å². The fourth-order valence-corrected chi connectivity index (χ4v) is 2.20. The molecule has 0 bridgehead atoms. The van der Waals surface area contributed by atoms with Crippen molar-refractivity contribution in [2.75, 3.05) is 7.11 Å². The SMILES string of the molecule is C[O][Zr][C]1=CC=CC1.Cl. The first-order valence-corrected chi connectivity index (χ1v) is 4.81. The predicted octanol–water partition coefficient (Wildman–Crippen LogP) is 1.90. The first-order chi connectivity index (χ1) is 3.93. The number of halogens is 1. The molecule has 0 fully saturated rings. The van der Waals surface area contributed by atoms with Crippen molar-refractivity contribution < 1.29 is 26.5 Å². The smallest absolute Gasteiger partial charge is 0.147 e. The Kier molecular flexibility index (Phi) is 5.77. The summed E-state index contributed by atoms with van der Waals surface area (Å²) < 4.78 is 6.63. The van der Waals surface area contributed by atoms with E-state index < -0.39 is 23.7 Å². The molecule has 0 unspecified atom stereocenters. The fraction of sp³-hybridized carbons (Fsp3) is 0.333. The molecule has 0 spiro atoms. The molecule has 0 amide bonds. The molecule has 1 rings (SSSR count). The molecule has 3 heteroatoms. The standard InChI is InChI=1S/C5H5.CH3O.ClH.Zr/c1-2-4-5-3-1;1-2;;/h1-3H,4H2;1H3;1H;/q;-1;;+1. The number of allylic oxidation sites excluding steroid dienone is 4. The zero-order chi connectivity index (χ0) is 5.82. The van der Waals surface area contributed by atoms with Gasteiger partial charge in [-0.3, -0.25) is 0 Å². The summed E-state index contributed by atoms with van der Waals surface area (Å²) in [4.78, 5) is 0. The minimum atomic E-state index is -0.547. The first kappa shape index (κ1) is 9.61. The molecule has 9 heavy (non-hydrogen) atoms. The van der Waals surface area contributed by atoms with Gasteiger partial charge in [-0.2, -0.15) is 0 Å². The van der Waals surface area contributed by atoms with Crippen molar-refractivity contribution in [3.05, 3.63) is 21.5 Å². The number of hydrogen-bond acceptors (Lipinski definition) is 1. The summed E-state index contributed by atoms with van der Waals surface area (Å²) in [5.74, 6) is 0. The van der Waals surface area contributed by atoms with Crippen LogP contribution < -0.4 is 0 Å². The van der Waals surface area contributed by atoms with E-state index in [2.05, 4.69) is 18.2 Å². The third kappa shape index (κ3) is 3.34. The molecule has 0 aromatic heterocycles. The summed E-state index contributed by atoms with van der Waals surface area (Å²) in [6.07, 6.45) is 7.61. The summed E-state index contributed by atoms with van der Waals surface area (Å²) in [6.45, 7) is 0. The monoisotopic (exact) mass is 222 g/mol. The topological polar surface area (TPSA) is 9.23 Å². The molecule has 0 heterocycles. The van der Waals surface area contributed by atoms with Crippen LogP contribution in [0.3, 0.4) is 0 Å². The molecular formula is C6H9ClOZr. The molecule has 0 aromatic rings. The summed E-state index contributed by atoms with van der Waals surface area (Å²) >= 11 is -0.547. The van der Waals surface area contributed by atoms with E-state index in [-0.39, 0.29) is 12.4 Å². The van der Waals surface area contributed by atoms with Gasteiger partial charge in [0.1, 0.15) is 0 Å². The molecule has 0 atom stereocenters. The maximum Gasteiger partial charge on any atom is -0.147 e. The van der Waals surface area contributed by atoms with Crippen molar-refractivity contribution in [2.45, 2.75) is 6.42 Å². The fourth-order valence-electron chi connectivity index (χ4n) is 0.654. The second-order valence-electron chi connectivity index (χ2n) is 1.63. The van der Waals surface area contributed by atoms with Crippen molar-refractivity contribution in [1.82, 2.24) is 0 Å². The van der Waals surface area contributed by atoms with Crippen LogP contribution in [0.4, 0.5) is 0 Å². The van der Waals surface area contributed by atoms with Crippen molar-refractivity contribution >= 4 is 12.4 Å². The van der Waals surface area contributed by atoms with E-state index in [9.17, 15) is 0 Å². The van der Waals surface area contributed by atoms with Crippen LogP contribution in [0.5, 0.6) is 0 Å². The maximum absolute atomic E-state index is 5.09. The van der Waals surface area contributed by atoms with Gasteiger partial charge in [0, 0.05) is 0 Å². The molecule has 1 nitrogen and oxygen atoms in total. The molecule has 0 aromatic carbocycles. The molecule has 1 aliphatic carbocycles. The van der Waals surface area contributed by atoms with E-state index in [0.717, 1.165) is 6.42 Å². The van der Waals surface area contributed by atoms with Gasteiger partial charge in [-0.1, -0.05) is 0 Å². The second-order valence-corrected chi connectivity index (χ2v) is 4.71. The Labute approximate surface area is 73.8 Å². The molecule has 50 valence electrons. The number of rotatable bonds is 2. The van der Waals surface area contributed by atoms with E-state index in [1.54, 1.807) is 7.11 Å². The Hall–Kier alpha value is 0.613. The van der Waals surface area contributed by atoms with Crippen molar-refractivity contribution in [2.24, 2.45) is 0 Å². The van der Waals surface area contributed by atoms with Crippen molar-refractivity contribution in [3.63, 3.8) is 0 Å². The summed E-state index contributed by atoms with van der Waals surface area (Å²) in [5, 5.41) is 0. The minimum Gasteiger partial charge on any atom is -0.147 e. The van der Waals surface area contributed by atoms with Crippen LogP contribution >= 0.6 is 12.4 Å². The van der Waals surface area contributed by atoms with Crippen molar-refractivity contribution in [3.8, 4) is 0 Å². The Bertz CT molecular complexity index is 131. The molecule has 0 radical (unpaired) electrons. The van der Waals surface area contributed by atoms with Gasteiger partial charge in [0.2, 0.25) is 0 Å². The van der Waals surface area contributed by atoms with Gasteiger partial charge < -0.3 is 0 Å². The van der Waals surface area contributed by atoms with Gasteiger partial charge in [-0.25, -0.2) is 0 Å². The third-order valence-electron chi connectivity index (χ3n) is 1.00. The van der Waals surface area contributed by atoms with Gasteiger partial charge in [0.05, 0.1) is 0 Å². The van der Waals surface area contributed by atoms with Gasteiger partial charge in [-0.05, 0) is 0 Å². The molecule has 0 saturated carbocycles. The Morgan fingerprint density at radius 1 is 1.67 bits per heavy atom. The summed E-state index contributed by atoms with van der Waals surface area (Å²) in [5.41, 5.74) is 0. The molecule has 0 aliphatic heterocycles. The van der Waals surface area contributed by atoms with E-state index in [1.807, 2.05) is 0 Å². The molecular weight excluding hydrogens is 215 g/mol. The first-order valence-electron chi connectivity index (χ1n) is 2.58. The van der Waals surface area contributed by atoms with Crippen LogP contribution in [0.15, 0.2) is 21.5 Å². The normalized spacial score (nSPS) is 14.6. The van der Waals surface area contributed by atoms with Crippen molar-refractivity contribution in [1.29, 1.82) is 0 Å². The predicted molar refractivity (Wildman–Crippen MR) is 36.1 cm³/mol. The van der Waals surface area contributed by atoms with Crippen LogP contribution in [0.1, 0.15) is 6.42 Å². The largest absolute Gasteiger partial charge is 0.147 e. The van der Waals surface area contributed by atoms with Crippen LogP contribution in [0, 0.1) is 0 Å². The van der Waals surface area contributed by atoms with Gasteiger partial charge in [0.25, 0.3) is 0 Å². The zero-order valence-corrected chi connectivity index (χ0v) is 8.53. The van der Waals surface area contributed by atoms with Crippen LogP contribution in [-0.2, 0) is 26.5 Å². The van der Waals surface area contributed by atoms with Crippen LogP contribution in [-0.4, -0.2) is 7.11 Å². The van der Waals surface area contributed by atoms with E-state index >= 15 is 0 Å². The average molecular weight is 224 g/mol. The second kappa shape index (κ2) is 5.40. The maximum atomic E-state index is 5.09. The number of hydrogen-bond donors (Lipinski definition) is 0. The van der Waals surface area contributed by atoms with E-state index in [0.29, 0.717) is 0 Å². The van der Waals surface area contributed by atoms with E-state index in [4.69, 9.17) is 2.81 Å². The third-order valence-corrected chi connectivity index (χ3v) is 3.06. The van der Waals surface area contributed by atoms with E-state index in [1.165, 1.54) is 3.28 Å². The summed E-state index contributed by atoms with van der Waals surface area (Å²) in [7, 11) is 1.80. The Morgan fingerprint density at radius 2 is 2.44 bits per heavy atom. The van der Waals surface area contributed by atoms with Crippen LogP contribution in [0.2, 0.25) is 0 Å². The molecule has 0 saturated heterocycles. The Balaban J connectivity index is 0.000000640. The average Bonchev–Trinajstić information content (AvgIpc) is 2.19. The Morgan fingerprint density at radius 3 is 2.89 bits per heavy atom. The quantitative estimate of drug-likeness (QED) is 0.695. The van der Waals surface area contributed by atoms with Gasteiger partial charge in [-0.15, -0.1) is 12.4 Å².